The van der Waals surface area contributed by atoms with Crippen LogP contribution in [0.2, 0.25) is 5.02 Å². The SMILES string of the molecule is CN(C)CCCN1c2ccccc2Sc2ccc(Cl)cc21.O=C(O)CCCCCCCCCCCCC1C=CCC1. The summed E-state index contributed by atoms with van der Waals surface area (Å²) < 4.78 is 0. The van der Waals surface area contributed by atoms with Crippen LogP contribution in [0.5, 0.6) is 0 Å². The second-order valence-electron chi connectivity index (χ2n) is 11.7. The number of anilines is 2. The van der Waals surface area contributed by atoms with Crippen LogP contribution in [0, 0.1) is 5.92 Å². The smallest absolute Gasteiger partial charge is 0.303 e. The Morgan fingerprint density at radius 1 is 0.902 bits per heavy atom. The van der Waals surface area contributed by atoms with E-state index in [1.165, 1.54) is 91.8 Å². The van der Waals surface area contributed by atoms with E-state index in [-0.39, 0.29) is 0 Å². The van der Waals surface area contributed by atoms with Crippen LogP contribution in [-0.2, 0) is 4.79 Å². The van der Waals surface area contributed by atoms with Crippen molar-refractivity contribution in [3.63, 3.8) is 0 Å². The molecule has 0 aromatic heterocycles. The van der Waals surface area contributed by atoms with Gasteiger partial charge in [0.15, 0.2) is 0 Å². The third kappa shape index (κ3) is 12.8. The van der Waals surface area contributed by atoms with Crippen LogP contribution in [0.15, 0.2) is 64.4 Å². The lowest BCUT2D eigenvalue weighted by atomic mass is 9.99. The Morgan fingerprint density at radius 2 is 1.56 bits per heavy atom. The van der Waals surface area contributed by atoms with Crippen LogP contribution in [0.3, 0.4) is 0 Å². The normalized spacial score (nSPS) is 15.4. The Morgan fingerprint density at radius 3 is 2.22 bits per heavy atom. The van der Waals surface area contributed by atoms with Crippen LogP contribution in [-0.4, -0.2) is 43.2 Å². The quantitative estimate of drug-likeness (QED) is 0.145. The molecule has 226 valence electrons. The summed E-state index contributed by atoms with van der Waals surface area (Å²) in [4.78, 5) is 17.6. The van der Waals surface area contributed by atoms with Crippen molar-refractivity contribution < 1.29 is 9.90 Å². The van der Waals surface area contributed by atoms with Gasteiger partial charge in [-0.15, -0.1) is 0 Å². The number of aliphatic carboxylic acids is 1. The Hall–Kier alpha value is -1.95. The highest BCUT2D eigenvalue weighted by atomic mass is 35.5. The van der Waals surface area contributed by atoms with Crippen molar-refractivity contribution in [2.45, 2.75) is 106 Å². The van der Waals surface area contributed by atoms with Gasteiger partial charge in [0.1, 0.15) is 0 Å². The molecule has 4 rings (SSSR count). The van der Waals surface area contributed by atoms with Gasteiger partial charge in [-0.25, -0.2) is 0 Å². The lowest BCUT2D eigenvalue weighted by molar-refractivity contribution is -0.137. The number of carboxylic acid groups (broad SMARTS) is 1. The number of rotatable bonds is 17. The molecule has 1 aliphatic heterocycles. The molecule has 0 bridgehead atoms. The molecule has 0 spiro atoms. The van der Waals surface area contributed by atoms with Crippen molar-refractivity contribution >= 4 is 40.7 Å². The van der Waals surface area contributed by atoms with E-state index in [2.05, 4.69) is 72.4 Å². The standard InChI is InChI=1S/C18H32O2.C17H19ClN2S/c19-18(20)16-10-8-6-4-2-1-3-5-7-9-13-17-14-11-12-15-17;1-19(2)10-5-11-20-14-6-3-4-7-16(14)21-17-9-8-13(18)12-15(17)20/h11,14,17H,1-10,12-13,15-16H2,(H,19,20);3-4,6-9,12H,5,10-11H2,1-2H3. The van der Waals surface area contributed by atoms with Gasteiger partial charge in [-0.1, -0.05) is 105 Å². The first-order valence-corrected chi connectivity index (χ1v) is 17.0. The zero-order valence-electron chi connectivity index (χ0n) is 25.3. The molecule has 2 aromatic carbocycles. The Bertz CT molecular complexity index is 1070. The van der Waals surface area contributed by atoms with E-state index in [0.717, 1.165) is 43.3 Å². The van der Waals surface area contributed by atoms with E-state index in [0.29, 0.717) is 6.42 Å². The summed E-state index contributed by atoms with van der Waals surface area (Å²) in [6.07, 6.45) is 23.0. The second-order valence-corrected chi connectivity index (χ2v) is 13.2. The predicted octanol–water partition coefficient (Wildman–Crippen LogP) is 10.6. The summed E-state index contributed by atoms with van der Waals surface area (Å²) in [5.41, 5.74) is 2.51. The third-order valence-electron chi connectivity index (χ3n) is 7.90. The molecular formula is C35H51ClN2O2S. The maximum absolute atomic E-state index is 10.3. The molecule has 4 nitrogen and oxygen atoms in total. The first kappa shape index (κ1) is 33.6. The molecule has 1 heterocycles. The number of hydrogen-bond donors (Lipinski definition) is 1. The predicted molar refractivity (Wildman–Crippen MR) is 177 cm³/mol. The van der Waals surface area contributed by atoms with Crippen LogP contribution < -0.4 is 4.90 Å². The average molecular weight is 599 g/mol. The van der Waals surface area contributed by atoms with Gasteiger partial charge < -0.3 is 14.9 Å². The van der Waals surface area contributed by atoms with Crippen molar-refractivity contribution in [2.75, 3.05) is 32.1 Å². The minimum absolute atomic E-state index is 0.343. The molecule has 0 saturated heterocycles. The zero-order valence-corrected chi connectivity index (χ0v) is 26.9. The van der Waals surface area contributed by atoms with Gasteiger partial charge in [-0.3, -0.25) is 4.79 Å². The third-order valence-corrected chi connectivity index (χ3v) is 9.27. The molecule has 1 aliphatic carbocycles. The minimum atomic E-state index is -0.655. The molecule has 0 fully saturated rings. The van der Waals surface area contributed by atoms with E-state index in [9.17, 15) is 4.79 Å². The molecular weight excluding hydrogens is 548 g/mol. The Kier molecular flexibility index (Phi) is 15.8. The molecule has 1 N–H and O–H groups in total. The number of benzene rings is 2. The zero-order chi connectivity index (χ0) is 29.3. The summed E-state index contributed by atoms with van der Waals surface area (Å²) in [7, 11) is 4.23. The average Bonchev–Trinajstić information content (AvgIpc) is 3.47. The number of carboxylic acids is 1. The fraction of sp³-hybridized carbons (Fsp3) is 0.571. The summed E-state index contributed by atoms with van der Waals surface area (Å²) in [6, 6.07) is 14.8. The van der Waals surface area contributed by atoms with Gasteiger partial charge >= 0.3 is 5.97 Å². The summed E-state index contributed by atoms with van der Waals surface area (Å²) >= 11 is 8.03. The summed E-state index contributed by atoms with van der Waals surface area (Å²) in [6.45, 7) is 2.09. The number of halogens is 1. The van der Waals surface area contributed by atoms with Gasteiger partial charge in [0.05, 0.1) is 11.4 Å². The van der Waals surface area contributed by atoms with Gasteiger partial charge in [-0.2, -0.15) is 0 Å². The van der Waals surface area contributed by atoms with Crippen molar-refractivity contribution in [1.82, 2.24) is 4.90 Å². The number of para-hydroxylation sites is 1. The maximum atomic E-state index is 10.3. The minimum Gasteiger partial charge on any atom is -0.481 e. The van der Waals surface area contributed by atoms with Crippen LogP contribution in [0.25, 0.3) is 0 Å². The summed E-state index contributed by atoms with van der Waals surface area (Å²) in [5.74, 6) is 0.235. The molecule has 0 radical (unpaired) electrons. The highest BCUT2D eigenvalue weighted by molar-refractivity contribution is 7.99. The summed E-state index contributed by atoms with van der Waals surface area (Å²) in [5, 5.41) is 9.32. The van der Waals surface area contributed by atoms with Crippen LogP contribution in [0.4, 0.5) is 11.4 Å². The molecule has 0 saturated carbocycles. The van der Waals surface area contributed by atoms with Crippen molar-refractivity contribution in [3.05, 3.63) is 59.6 Å². The fourth-order valence-corrected chi connectivity index (χ4v) is 6.86. The molecule has 1 atom stereocenters. The van der Waals surface area contributed by atoms with Crippen molar-refractivity contribution in [3.8, 4) is 0 Å². The Labute approximate surface area is 258 Å². The molecule has 0 amide bonds. The lowest BCUT2D eigenvalue weighted by Crippen LogP contribution is -2.25. The molecule has 41 heavy (non-hydrogen) atoms. The van der Waals surface area contributed by atoms with Gasteiger partial charge in [0, 0.05) is 27.8 Å². The highest BCUT2D eigenvalue weighted by Crippen LogP contribution is 2.48. The first-order valence-electron chi connectivity index (χ1n) is 15.8. The topological polar surface area (TPSA) is 43.8 Å². The first-order chi connectivity index (χ1) is 19.9. The monoisotopic (exact) mass is 598 g/mol. The molecule has 2 aliphatic rings. The van der Waals surface area contributed by atoms with Crippen LogP contribution in [0.1, 0.15) is 96.3 Å². The largest absolute Gasteiger partial charge is 0.481 e. The second kappa shape index (κ2) is 19.3. The van der Waals surface area contributed by atoms with Gasteiger partial charge in [0.2, 0.25) is 0 Å². The van der Waals surface area contributed by atoms with Crippen molar-refractivity contribution in [2.24, 2.45) is 5.92 Å². The number of hydrogen-bond acceptors (Lipinski definition) is 4. The van der Waals surface area contributed by atoms with E-state index in [4.69, 9.17) is 16.7 Å². The van der Waals surface area contributed by atoms with Crippen molar-refractivity contribution in [1.29, 1.82) is 0 Å². The highest BCUT2D eigenvalue weighted by Gasteiger charge is 2.23. The number of allylic oxidation sites excluding steroid dienone is 2. The van der Waals surface area contributed by atoms with E-state index in [1.807, 2.05) is 17.8 Å². The van der Waals surface area contributed by atoms with E-state index >= 15 is 0 Å². The van der Waals surface area contributed by atoms with E-state index in [1.54, 1.807) is 0 Å². The van der Waals surface area contributed by atoms with Crippen LogP contribution >= 0.6 is 23.4 Å². The van der Waals surface area contributed by atoms with E-state index < -0.39 is 5.97 Å². The molecule has 6 heteroatoms. The number of fused-ring (bicyclic) bond motifs is 2. The lowest BCUT2D eigenvalue weighted by Gasteiger charge is -2.33. The maximum Gasteiger partial charge on any atom is 0.303 e. The number of unbranched alkanes of at least 4 members (excludes halogenated alkanes) is 9. The van der Waals surface area contributed by atoms with Gasteiger partial charge in [0.25, 0.3) is 0 Å². The fourth-order valence-electron chi connectivity index (χ4n) is 5.62. The molecule has 1 unspecified atom stereocenters. The van der Waals surface area contributed by atoms with Gasteiger partial charge in [-0.05, 0) is 89.0 Å². The molecule has 2 aromatic rings. The number of nitrogens with zero attached hydrogens (tertiary/aromatic N) is 2. The number of carbonyl (C=O) groups is 1. The Balaban J connectivity index is 0.000000226.